The number of carbonyl (C=O) groups is 3. The summed E-state index contributed by atoms with van der Waals surface area (Å²) >= 11 is 7.30. The molecule has 1 aromatic heterocycles. The maximum atomic E-state index is 12.7. The molecule has 1 atom stereocenters. The van der Waals surface area contributed by atoms with Crippen LogP contribution in [0.4, 0.5) is 16.2 Å². The van der Waals surface area contributed by atoms with Crippen molar-refractivity contribution in [1.29, 1.82) is 0 Å². The highest BCUT2D eigenvalue weighted by atomic mass is 35.5. The number of aromatic nitrogens is 1. The number of thiazole rings is 1. The molecule has 0 aliphatic heterocycles. The Bertz CT molecular complexity index is 1490. The molecule has 1 heterocycles. The lowest BCUT2D eigenvalue weighted by atomic mass is 10.0. The predicted octanol–water partition coefficient (Wildman–Crippen LogP) is 6.83. The van der Waals surface area contributed by atoms with E-state index >= 15 is 0 Å². The average molecular weight is 579 g/mol. The number of nitrogens with one attached hydrogen (secondary N) is 3. The maximum Gasteiger partial charge on any atom is 0.328 e. The number of para-hydroxylation sites is 1. The van der Waals surface area contributed by atoms with Crippen molar-refractivity contribution in [3.8, 4) is 22.8 Å². The average Bonchev–Trinajstić information content (AvgIpc) is 3.44. The van der Waals surface area contributed by atoms with E-state index in [2.05, 4.69) is 20.9 Å². The summed E-state index contributed by atoms with van der Waals surface area (Å²) in [6.07, 6.45) is 0. The zero-order chi connectivity index (χ0) is 28.6. The number of anilines is 2. The van der Waals surface area contributed by atoms with E-state index in [0.29, 0.717) is 33.6 Å². The van der Waals surface area contributed by atoms with Crippen LogP contribution < -0.4 is 20.7 Å². The van der Waals surface area contributed by atoms with Gasteiger partial charge < -0.3 is 25.4 Å². The van der Waals surface area contributed by atoms with Crippen molar-refractivity contribution < 1.29 is 23.9 Å². The molecule has 0 spiro atoms. The van der Waals surface area contributed by atoms with E-state index in [-0.39, 0.29) is 10.9 Å². The number of hydrogen-bond acceptors (Lipinski definition) is 7. The quantitative estimate of drug-likeness (QED) is 0.187. The Morgan fingerprint density at radius 1 is 0.950 bits per heavy atom. The van der Waals surface area contributed by atoms with Crippen molar-refractivity contribution >= 4 is 52.2 Å². The molecule has 0 fully saturated rings. The largest absolute Gasteiger partial charge is 0.467 e. The monoisotopic (exact) mass is 578 g/mol. The smallest absolute Gasteiger partial charge is 0.328 e. The van der Waals surface area contributed by atoms with Crippen LogP contribution in [0.2, 0.25) is 5.02 Å². The number of hydrogen-bond donors (Lipinski definition) is 3. The minimum absolute atomic E-state index is 0.143. The number of carbonyl (C=O) groups excluding carboxylic acids is 3. The van der Waals surface area contributed by atoms with E-state index < -0.39 is 23.9 Å². The van der Waals surface area contributed by atoms with Gasteiger partial charge in [0, 0.05) is 27.7 Å². The normalized spacial score (nSPS) is 11.4. The second kappa shape index (κ2) is 13.1. The summed E-state index contributed by atoms with van der Waals surface area (Å²) in [6.45, 7) is 3.63. The molecule has 0 saturated carbocycles. The molecule has 0 saturated heterocycles. The van der Waals surface area contributed by atoms with Gasteiger partial charge in [-0.1, -0.05) is 55.8 Å². The number of ether oxygens (including phenoxy) is 2. The van der Waals surface area contributed by atoms with E-state index in [1.165, 1.54) is 18.4 Å². The van der Waals surface area contributed by atoms with Crippen LogP contribution in [0.5, 0.6) is 11.5 Å². The molecule has 11 heteroatoms. The first-order valence-electron chi connectivity index (χ1n) is 12.3. The number of methoxy groups -OCH3 is 1. The second-order valence-electron chi connectivity index (χ2n) is 8.97. The van der Waals surface area contributed by atoms with Crippen LogP contribution in [-0.4, -0.2) is 36.0 Å². The summed E-state index contributed by atoms with van der Waals surface area (Å²) in [7, 11) is 1.28. The van der Waals surface area contributed by atoms with Crippen molar-refractivity contribution in [3.05, 3.63) is 88.2 Å². The third-order valence-electron chi connectivity index (χ3n) is 5.71. The van der Waals surface area contributed by atoms with Crippen LogP contribution >= 0.6 is 22.9 Å². The Morgan fingerprint density at radius 2 is 1.68 bits per heavy atom. The molecular weight excluding hydrogens is 552 g/mol. The van der Waals surface area contributed by atoms with Crippen molar-refractivity contribution in [2.75, 3.05) is 17.7 Å². The Kier molecular flexibility index (Phi) is 9.36. The molecule has 3 N–H and O–H groups in total. The van der Waals surface area contributed by atoms with Crippen LogP contribution in [0.3, 0.4) is 0 Å². The summed E-state index contributed by atoms with van der Waals surface area (Å²) in [6, 6.07) is 19.9. The summed E-state index contributed by atoms with van der Waals surface area (Å²) in [4.78, 5) is 41.7. The molecule has 4 rings (SSSR count). The van der Waals surface area contributed by atoms with Crippen molar-refractivity contribution in [2.45, 2.75) is 19.9 Å². The molecule has 0 aliphatic carbocycles. The predicted molar refractivity (Wildman–Crippen MR) is 156 cm³/mol. The first-order valence-corrected chi connectivity index (χ1v) is 13.5. The van der Waals surface area contributed by atoms with Gasteiger partial charge in [-0.05, 0) is 42.3 Å². The summed E-state index contributed by atoms with van der Waals surface area (Å²) < 4.78 is 10.7. The zero-order valence-electron chi connectivity index (χ0n) is 21.9. The van der Waals surface area contributed by atoms with Crippen molar-refractivity contribution in [1.82, 2.24) is 10.3 Å². The number of urea groups is 1. The number of esters is 1. The number of halogens is 1. The van der Waals surface area contributed by atoms with Gasteiger partial charge in [-0.2, -0.15) is 0 Å². The highest BCUT2D eigenvalue weighted by Crippen LogP contribution is 2.32. The van der Waals surface area contributed by atoms with Crippen molar-refractivity contribution in [3.63, 3.8) is 0 Å². The van der Waals surface area contributed by atoms with Gasteiger partial charge in [-0.3, -0.25) is 4.79 Å². The van der Waals surface area contributed by atoms with E-state index in [0.717, 1.165) is 5.56 Å². The maximum absolute atomic E-state index is 12.7. The second-order valence-corrected chi connectivity index (χ2v) is 10.3. The third kappa shape index (κ3) is 7.37. The van der Waals surface area contributed by atoms with Gasteiger partial charge >= 0.3 is 12.0 Å². The Morgan fingerprint density at radius 3 is 2.35 bits per heavy atom. The molecule has 9 nitrogen and oxygen atoms in total. The lowest BCUT2D eigenvalue weighted by Crippen LogP contribution is -2.45. The molecule has 40 heavy (non-hydrogen) atoms. The standard InChI is InChI=1S/C29H27ClN4O5S/c1-17(2)25(28(36)38-3)34-26(35)27-32-23(16-40-27)18-9-12-20(13-10-18)31-29(37)33-22-14-11-19(30)15-24(22)39-21-7-5-4-6-8-21/h4-17,25H,1-3H3,(H,34,35)(H2,31,33,37). The molecule has 3 amide bonds. The lowest BCUT2D eigenvalue weighted by molar-refractivity contribution is -0.144. The van der Waals surface area contributed by atoms with Crippen molar-refractivity contribution in [2.24, 2.45) is 5.92 Å². The third-order valence-corrected chi connectivity index (χ3v) is 6.78. The fourth-order valence-corrected chi connectivity index (χ4v) is 4.54. The summed E-state index contributed by atoms with van der Waals surface area (Å²) in [5.74, 6) is -0.0966. The molecule has 4 aromatic rings. The zero-order valence-corrected chi connectivity index (χ0v) is 23.5. The molecular formula is C29H27ClN4O5S. The lowest BCUT2D eigenvalue weighted by Gasteiger charge is -2.18. The van der Waals surface area contributed by atoms with Gasteiger partial charge in [0.05, 0.1) is 18.5 Å². The van der Waals surface area contributed by atoms with E-state index in [1.54, 1.807) is 60.0 Å². The highest BCUT2D eigenvalue weighted by molar-refractivity contribution is 7.12. The number of benzene rings is 3. The molecule has 0 radical (unpaired) electrons. The summed E-state index contributed by atoms with van der Waals surface area (Å²) in [5.41, 5.74) is 2.34. The van der Waals surface area contributed by atoms with E-state index in [4.69, 9.17) is 21.1 Å². The molecule has 206 valence electrons. The topological polar surface area (TPSA) is 119 Å². The SMILES string of the molecule is COC(=O)C(NC(=O)c1nc(-c2ccc(NC(=O)Nc3ccc(Cl)cc3Oc3ccccc3)cc2)cs1)C(C)C. The molecule has 0 bridgehead atoms. The number of amides is 3. The fraction of sp³-hybridized carbons (Fsp3) is 0.172. The van der Waals surface area contributed by atoms with E-state index in [9.17, 15) is 14.4 Å². The minimum atomic E-state index is -0.768. The number of nitrogens with zero attached hydrogens (tertiary/aromatic N) is 1. The first-order chi connectivity index (χ1) is 19.2. The Balaban J connectivity index is 1.39. The van der Waals surface area contributed by atoms with Gasteiger partial charge in [0.25, 0.3) is 5.91 Å². The molecule has 0 aliphatic rings. The van der Waals surface area contributed by atoms with Gasteiger partial charge in [0.2, 0.25) is 0 Å². The van der Waals surface area contributed by atoms with Gasteiger partial charge in [0.15, 0.2) is 10.8 Å². The van der Waals surface area contributed by atoms with Crippen LogP contribution in [0.25, 0.3) is 11.3 Å². The van der Waals surface area contributed by atoms with Crippen LogP contribution in [0, 0.1) is 5.92 Å². The van der Waals surface area contributed by atoms with E-state index in [1.807, 2.05) is 32.0 Å². The highest BCUT2D eigenvalue weighted by Gasteiger charge is 2.26. The van der Waals surface area contributed by atoms with Crippen LogP contribution in [0.15, 0.2) is 78.2 Å². The number of rotatable bonds is 9. The van der Waals surface area contributed by atoms with Crippen LogP contribution in [0.1, 0.15) is 23.6 Å². The Labute approximate surface area is 240 Å². The molecule has 1 unspecified atom stereocenters. The summed E-state index contributed by atoms with van der Waals surface area (Å²) in [5, 5.41) is 10.7. The van der Waals surface area contributed by atoms with Crippen LogP contribution in [-0.2, 0) is 9.53 Å². The van der Waals surface area contributed by atoms with Gasteiger partial charge in [-0.25, -0.2) is 14.6 Å². The Hall–Kier alpha value is -4.41. The first kappa shape index (κ1) is 28.6. The fourth-order valence-electron chi connectivity index (χ4n) is 3.65. The van der Waals surface area contributed by atoms with Gasteiger partial charge in [0.1, 0.15) is 11.8 Å². The molecule has 3 aromatic carbocycles. The van der Waals surface area contributed by atoms with Gasteiger partial charge in [-0.15, -0.1) is 11.3 Å². The minimum Gasteiger partial charge on any atom is -0.467 e.